The Balaban J connectivity index is 1.83. The molecule has 0 atom stereocenters. The molecule has 0 bridgehead atoms. The highest BCUT2D eigenvalue weighted by molar-refractivity contribution is 6.52. The maximum absolute atomic E-state index is 12.3. The number of carboxylic acid groups (broad SMARTS) is 1. The first-order chi connectivity index (χ1) is 12.6. The van der Waals surface area contributed by atoms with Gasteiger partial charge in [-0.2, -0.15) is 0 Å². The quantitative estimate of drug-likeness (QED) is 0.576. The van der Waals surface area contributed by atoms with Gasteiger partial charge in [0.05, 0.1) is 16.8 Å². The van der Waals surface area contributed by atoms with Crippen molar-refractivity contribution in [2.75, 3.05) is 6.79 Å². The molecule has 0 aliphatic carbocycles. The standard InChI is InChI=1S/C20H13NO5/c22-19(20(23)24)14(9-12-5-8-17-18(10-12)26-11-25-17)16-7-6-13-3-1-2-4-15(13)21-16/h1-10H,11H2,(H,23,24). The molecule has 128 valence electrons. The zero-order valence-electron chi connectivity index (χ0n) is 13.5. The van der Waals surface area contributed by atoms with Gasteiger partial charge in [-0.25, -0.2) is 9.78 Å². The lowest BCUT2D eigenvalue weighted by molar-refractivity contribution is -0.146. The number of benzene rings is 2. The second-order valence-corrected chi connectivity index (χ2v) is 5.69. The van der Waals surface area contributed by atoms with Crippen molar-refractivity contribution >= 4 is 34.3 Å². The third kappa shape index (κ3) is 2.88. The molecule has 0 amide bonds. The van der Waals surface area contributed by atoms with E-state index in [-0.39, 0.29) is 12.4 Å². The van der Waals surface area contributed by atoms with Gasteiger partial charge >= 0.3 is 5.97 Å². The number of ether oxygens (including phenoxy) is 2. The first kappa shape index (κ1) is 15.8. The maximum atomic E-state index is 12.3. The lowest BCUT2D eigenvalue weighted by Gasteiger charge is -2.06. The van der Waals surface area contributed by atoms with E-state index in [1.54, 1.807) is 30.3 Å². The molecule has 26 heavy (non-hydrogen) atoms. The van der Waals surface area contributed by atoms with Crippen LogP contribution in [0.4, 0.5) is 0 Å². The second-order valence-electron chi connectivity index (χ2n) is 5.69. The van der Waals surface area contributed by atoms with Crippen molar-refractivity contribution in [2.24, 2.45) is 0 Å². The van der Waals surface area contributed by atoms with E-state index in [0.717, 1.165) is 5.39 Å². The van der Waals surface area contributed by atoms with Crippen LogP contribution in [-0.2, 0) is 9.59 Å². The number of pyridine rings is 1. The van der Waals surface area contributed by atoms with Crippen molar-refractivity contribution in [3.05, 3.63) is 65.9 Å². The fourth-order valence-electron chi connectivity index (χ4n) is 2.76. The van der Waals surface area contributed by atoms with Crippen LogP contribution >= 0.6 is 0 Å². The van der Waals surface area contributed by atoms with Gasteiger partial charge in [-0.05, 0) is 35.9 Å². The fourth-order valence-corrected chi connectivity index (χ4v) is 2.76. The molecule has 3 aromatic rings. The van der Waals surface area contributed by atoms with Gasteiger partial charge in [0.15, 0.2) is 11.5 Å². The number of Topliss-reactive ketones (excluding diaryl/α,β-unsaturated/α-hetero) is 1. The summed E-state index contributed by atoms with van der Waals surface area (Å²) in [5.41, 5.74) is 1.60. The van der Waals surface area contributed by atoms with Gasteiger partial charge in [0.1, 0.15) is 0 Å². The van der Waals surface area contributed by atoms with E-state index in [4.69, 9.17) is 9.47 Å². The third-order valence-corrected chi connectivity index (χ3v) is 4.02. The lowest BCUT2D eigenvalue weighted by atomic mass is 10.0. The van der Waals surface area contributed by atoms with E-state index in [2.05, 4.69) is 4.98 Å². The maximum Gasteiger partial charge on any atom is 0.377 e. The second kappa shape index (κ2) is 6.33. The van der Waals surface area contributed by atoms with E-state index in [1.165, 1.54) is 6.08 Å². The number of ketones is 1. The molecule has 0 fully saturated rings. The van der Waals surface area contributed by atoms with Gasteiger partial charge in [0.25, 0.3) is 5.78 Å². The number of carboxylic acids is 1. The van der Waals surface area contributed by atoms with Crippen LogP contribution in [0.5, 0.6) is 11.5 Å². The van der Waals surface area contributed by atoms with E-state index in [1.807, 2.05) is 24.3 Å². The Morgan fingerprint density at radius 1 is 1.00 bits per heavy atom. The summed E-state index contributed by atoms with van der Waals surface area (Å²) in [6, 6.07) is 16.0. The summed E-state index contributed by atoms with van der Waals surface area (Å²) >= 11 is 0. The number of rotatable bonds is 4. The number of carbonyl (C=O) groups is 2. The van der Waals surface area contributed by atoms with Crippen LogP contribution in [0.1, 0.15) is 11.3 Å². The molecule has 1 aromatic heterocycles. The minimum atomic E-state index is -1.54. The molecule has 0 unspecified atom stereocenters. The Hall–Kier alpha value is -3.67. The first-order valence-corrected chi connectivity index (χ1v) is 7.87. The molecule has 1 aliphatic heterocycles. The Morgan fingerprint density at radius 2 is 1.81 bits per heavy atom. The number of carbonyl (C=O) groups excluding carboxylic acids is 1. The third-order valence-electron chi connectivity index (χ3n) is 4.02. The summed E-state index contributed by atoms with van der Waals surface area (Å²) in [5.74, 6) is -1.40. The molecule has 4 rings (SSSR count). The van der Waals surface area contributed by atoms with Crippen LogP contribution in [0.25, 0.3) is 22.6 Å². The summed E-state index contributed by atoms with van der Waals surface area (Å²) in [6.45, 7) is 0.135. The minimum Gasteiger partial charge on any atom is -0.475 e. The number of para-hydroxylation sites is 1. The van der Waals surface area contributed by atoms with Crippen molar-refractivity contribution in [1.82, 2.24) is 4.98 Å². The molecule has 2 heterocycles. The number of nitrogens with zero attached hydrogens (tertiary/aromatic N) is 1. The summed E-state index contributed by atoms with van der Waals surface area (Å²) < 4.78 is 10.6. The highest BCUT2D eigenvalue weighted by Crippen LogP contribution is 2.33. The largest absolute Gasteiger partial charge is 0.475 e. The molecule has 0 spiro atoms. The van der Waals surface area contributed by atoms with Crippen LogP contribution < -0.4 is 9.47 Å². The van der Waals surface area contributed by atoms with E-state index < -0.39 is 11.8 Å². The average molecular weight is 347 g/mol. The van der Waals surface area contributed by atoms with Crippen LogP contribution in [0.15, 0.2) is 54.6 Å². The molecule has 2 aromatic carbocycles. The van der Waals surface area contributed by atoms with Crippen molar-refractivity contribution < 1.29 is 24.2 Å². The number of aromatic nitrogens is 1. The first-order valence-electron chi connectivity index (χ1n) is 7.87. The highest BCUT2D eigenvalue weighted by atomic mass is 16.7. The zero-order valence-corrected chi connectivity index (χ0v) is 13.5. The molecule has 6 heteroatoms. The SMILES string of the molecule is O=C(O)C(=O)C(=Cc1ccc2c(c1)OCO2)c1ccc2ccccc2n1. The van der Waals surface area contributed by atoms with Crippen molar-refractivity contribution in [1.29, 1.82) is 0 Å². The Labute approximate surface area is 148 Å². The molecular weight excluding hydrogens is 334 g/mol. The monoisotopic (exact) mass is 347 g/mol. The molecule has 6 nitrogen and oxygen atoms in total. The topological polar surface area (TPSA) is 85.7 Å². The van der Waals surface area contributed by atoms with Gasteiger partial charge in [0.2, 0.25) is 6.79 Å². The van der Waals surface area contributed by atoms with Crippen LogP contribution in [-0.4, -0.2) is 28.6 Å². The Kier molecular flexibility index (Phi) is 3.85. The van der Waals surface area contributed by atoms with Crippen LogP contribution in [0.2, 0.25) is 0 Å². The van der Waals surface area contributed by atoms with Gasteiger partial charge in [-0.3, -0.25) is 4.79 Å². The van der Waals surface area contributed by atoms with Crippen molar-refractivity contribution in [3.63, 3.8) is 0 Å². The number of hydrogen-bond acceptors (Lipinski definition) is 5. The fraction of sp³-hybridized carbons (Fsp3) is 0.0500. The van der Waals surface area contributed by atoms with Crippen molar-refractivity contribution in [2.45, 2.75) is 0 Å². The molecule has 0 saturated heterocycles. The number of hydrogen-bond donors (Lipinski definition) is 1. The predicted octanol–water partition coefficient (Wildman–Crippen LogP) is 3.16. The number of aliphatic carboxylic acids is 1. The summed E-state index contributed by atoms with van der Waals surface area (Å²) in [7, 11) is 0. The lowest BCUT2D eigenvalue weighted by Crippen LogP contribution is -2.15. The van der Waals surface area contributed by atoms with E-state index >= 15 is 0 Å². The molecule has 1 aliphatic rings. The van der Waals surface area contributed by atoms with Gasteiger partial charge in [0, 0.05) is 5.39 Å². The van der Waals surface area contributed by atoms with E-state index in [9.17, 15) is 14.7 Å². The van der Waals surface area contributed by atoms with Crippen LogP contribution in [0.3, 0.4) is 0 Å². The smallest absolute Gasteiger partial charge is 0.377 e. The van der Waals surface area contributed by atoms with Gasteiger partial charge < -0.3 is 14.6 Å². The molecule has 0 radical (unpaired) electrons. The van der Waals surface area contributed by atoms with E-state index in [0.29, 0.717) is 28.3 Å². The predicted molar refractivity (Wildman–Crippen MR) is 94.8 cm³/mol. The zero-order chi connectivity index (χ0) is 18.1. The average Bonchev–Trinajstić information content (AvgIpc) is 3.13. The van der Waals surface area contributed by atoms with Crippen molar-refractivity contribution in [3.8, 4) is 11.5 Å². The molecular formula is C20H13NO5. The summed E-state index contributed by atoms with van der Waals surface area (Å²) in [5, 5.41) is 10.1. The number of fused-ring (bicyclic) bond motifs is 2. The van der Waals surface area contributed by atoms with Gasteiger partial charge in [-0.1, -0.05) is 30.3 Å². The van der Waals surface area contributed by atoms with Gasteiger partial charge in [-0.15, -0.1) is 0 Å². The Bertz CT molecular complexity index is 1070. The minimum absolute atomic E-state index is 0.00196. The summed E-state index contributed by atoms with van der Waals surface area (Å²) in [6.07, 6.45) is 1.50. The van der Waals surface area contributed by atoms with Crippen LogP contribution in [0, 0.1) is 0 Å². The summed E-state index contributed by atoms with van der Waals surface area (Å²) in [4.78, 5) is 28.0. The molecule has 1 N–H and O–H groups in total. The Morgan fingerprint density at radius 3 is 2.65 bits per heavy atom. The molecule has 0 saturated carbocycles. The normalized spacial score (nSPS) is 13.0. The highest BCUT2D eigenvalue weighted by Gasteiger charge is 2.21.